The molecule has 30 heavy (non-hydrogen) atoms. The lowest BCUT2D eigenvalue weighted by Gasteiger charge is -2.09. The van der Waals surface area contributed by atoms with Crippen molar-refractivity contribution in [3.05, 3.63) is 97.3 Å². The maximum absolute atomic E-state index is 5.01. The van der Waals surface area contributed by atoms with E-state index in [4.69, 9.17) is 9.97 Å². The van der Waals surface area contributed by atoms with Gasteiger partial charge in [-0.05, 0) is 30.3 Å². The molecule has 0 radical (unpaired) electrons. The van der Waals surface area contributed by atoms with Crippen LogP contribution < -0.4 is 0 Å². The molecule has 0 aliphatic carbocycles. The first kappa shape index (κ1) is 16.7. The summed E-state index contributed by atoms with van der Waals surface area (Å²) in [6.45, 7) is 0. The van der Waals surface area contributed by atoms with E-state index in [0.29, 0.717) is 0 Å². The van der Waals surface area contributed by atoms with Gasteiger partial charge in [-0.2, -0.15) is 0 Å². The Hall–Kier alpha value is -4.18. The molecule has 0 amide bonds. The molecule has 0 aliphatic heterocycles. The van der Waals surface area contributed by atoms with Gasteiger partial charge in [-0.15, -0.1) is 0 Å². The predicted octanol–water partition coefficient (Wildman–Crippen LogP) is 6.06. The highest BCUT2D eigenvalue weighted by molar-refractivity contribution is 6.04. The number of pyridine rings is 4. The van der Waals surface area contributed by atoms with Crippen LogP contribution in [0.15, 0.2) is 97.3 Å². The average molecular weight is 384 g/mol. The van der Waals surface area contributed by atoms with E-state index in [2.05, 4.69) is 58.5 Å². The third-order valence-electron chi connectivity index (χ3n) is 5.36. The molecule has 4 nitrogen and oxygen atoms in total. The summed E-state index contributed by atoms with van der Waals surface area (Å²) in [6.07, 6.45) is 3.60. The smallest absolute Gasteiger partial charge is 0.0972 e. The zero-order valence-electron chi connectivity index (χ0n) is 16.0. The standard InChI is InChI=1S/C26H16N4/c1-2-15-27-22(8-1)23-14-12-17-5-3-7-20(24(17)30-23)21-13-11-19-10-9-18-6-4-16-28-25(18)26(19)29-21/h1-16H. The summed E-state index contributed by atoms with van der Waals surface area (Å²) in [5.74, 6) is 0. The van der Waals surface area contributed by atoms with Crippen molar-refractivity contribution in [2.75, 3.05) is 0 Å². The van der Waals surface area contributed by atoms with Crippen LogP contribution in [-0.4, -0.2) is 19.9 Å². The fourth-order valence-electron chi connectivity index (χ4n) is 3.88. The molecule has 4 aromatic heterocycles. The predicted molar refractivity (Wildman–Crippen MR) is 121 cm³/mol. The van der Waals surface area contributed by atoms with Crippen molar-refractivity contribution in [3.8, 4) is 22.6 Å². The third-order valence-corrected chi connectivity index (χ3v) is 5.36. The number of hydrogen-bond acceptors (Lipinski definition) is 4. The van der Waals surface area contributed by atoms with Crippen molar-refractivity contribution in [1.29, 1.82) is 0 Å². The van der Waals surface area contributed by atoms with Gasteiger partial charge in [0.15, 0.2) is 0 Å². The minimum absolute atomic E-state index is 0.850. The Bertz CT molecular complexity index is 1540. The largest absolute Gasteiger partial charge is 0.255 e. The summed E-state index contributed by atoms with van der Waals surface area (Å²) in [7, 11) is 0. The highest BCUT2D eigenvalue weighted by Crippen LogP contribution is 2.31. The van der Waals surface area contributed by atoms with Crippen LogP contribution in [0, 0.1) is 0 Å². The van der Waals surface area contributed by atoms with Gasteiger partial charge in [0.25, 0.3) is 0 Å². The Morgan fingerprint density at radius 1 is 0.400 bits per heavy atom. The zero-order chi connectivity index (χ0) is 19.9. The van der Waals surface area contributed by atoms with Crippen LogP contribution in [0.3, 0.4) is 0 Å². The molecule has 4 heterocycles. The Morgan fingerprint density at radius 3 is 1.97 bits per heavy atom. The molecule has 0 fully saturated rings. The van der Waals surface area contributed by atoms with Gasteiger partial charge in [-0.3, -0.25) is 9.97 Å². The highest BCUT2D eigenvalue weighted by atomic mass is 14.8. The van der Waals surface area contributed by atoms with Gasteiger partial charge in [0.1, 0.15) is 0 Å². The lowest BCUT2D eigenvalue weighted by molar-refractivity contribution is 1.27. The summed E-state index contributed by atoms with van der Waals surface area (Å²) >= 11 is 0. The maximum Gasteiger partial charge on any atom is 0.0972 e. The summed E-state index contributed by atoms with van der Waals surface area (Å²) < 4.78 is 0. The number of nitrogens with zero attached hydrogens (tertiary/aromatic N) is 4. The van der Waals surface area contributed by atoms with Gasteiger partial charge in [-0.25, -0.2) is 9.97 Å². The molecule has 6 aromatic rings. The molecule has 0 N–H and O–H groups in total. The van der Waals surface area contributed by atoms with Gasteiger partial charge in [0, 0.05) is 34.1 Å². The first-order chi connectivity index (χ1) is 14.9. The van der Waals surface area contributed by atoms with Gasteiger partial charge in [0.2, 0.25) is 0 Å². The van der Waals surface area contributed by atoms with Crippen molar-refractivity contribution in [3.63, 3.8) is 0 Å². The molecule has 0 saturated carbocycles. The SMILES string of the molecule is c1ccc(-c2ccc3cccc(-c4ccc5ccc6cccnc6c5n4)c3n2)nc1. The Kier molecular flexibility index (Phi) is 3.74. The fraction of sp³-hybridized carbons (Fsp3) is 0. The first-order valence-corrected chi connectivity index (χ1v) is 9.83. The number of benzene rings is 2. The minimum Gasteiger partial charge on any atom is -0.255 e. The molecule has 2 aromatic carbocycles. The second-order valence-corrected chi connectivity index (χ2v) is 7.20. The maximum atomic E-state index is 5.01. The lowest BCUT2D eigenvalue weighted by Crippen LogP contribution is -1.93. The fourth-order valence-corrected chi connectivity index (χ4v) is 3.88. The molecule has 4 heteroatoms. The van der Waals surface area contributed by atoms with E-state index in [9.17, 15) is 0 Å². The highest BCUT2D eigenvalue weighted by Gasteiger charge is 2.11. The van der Waals surface area contributed by atoms with E-state index < -0.39 is 0 Å². The average Bonchev–Trinajstić information content (AvgIpc) is 2.83. The normalized spacial score (nSPS) is 11.3. The zero-order valence-corrected chi connectivity index (χ0v) is 16.0. The van der Waals surface area contributed by atoms with E-state index in [1.807, 2.05) is 42.6 Å². The van der Waals surface area contributed by atoms with Crippen molar-refractivity contribution < 1.29 is 0 Å². The quantitative estimate of drug-likeness (QED) is 0.341. The van der Waals surface area contributed by atoms with Crippen LogP contribution in [0.1, 0.15) is 0 Å². The van der Waals surface area contributed by atoms with Gasteiger partial charge < -0.3 is 0 Å². The van der Waals surface area contributed by atoms with Crippen LogP contribution in [0.4, 0.5) is 0 Å². The van der Waals surface area contributed by atoms with Crippen LogP contribution in [-0.2, 0) is 0 Å². The molecular weight excluding hydrogens is 368 g/mol. The number of rotatable bonds is 2. The van der Waals surface area contributed by atoms with E-state index >= 15 is 0 Å². The van der Waals surface area contributed by atoms with E-state index in [0.717, 1.165) is 55.4 Å². The van der Waals surface area contributed by atoms with Crippen LogP contribution >= 0.6 is 0 Å². The van der Waals surface area contributed by atoms with Crippen LogP contribution in [0.5, 0.6) is 0 Å². The number of aromatic nitrogens is 4. The second-order valence-electron chi connectivity index (χ2n) is 7.20. The van der Waals surface area contributed by atoms with Crippen molar-refractivity contribution in [2.24, 2.45) is 0 Å². The Morgan fingerprint density at radius 2 is 1.10 bits per heavy atom. The molecule has 140 valence electrons. The molecule has 6 rings (SSSR count). The third kappa shape index (κ3) is 2.70. The van der Waals surface area contributed by atoms with Gasteiger partial charge in [0.05, 0.1) is 33.6 Å². The summed E-state index contributed by atoms with van der Waals surface area (Å²) in [5.41, 5.74) is 6.33. The van der Waals surface area contributed by atoms with E-state index in [-0.39, 0.29) is 0 Å². The van der Waals surface area contributed by atoms with Crippen molar-refractivity contribution >= 4 is 32.7 Å². The minimum atomic E-state index is 0.850. The topological polar surface area (TPSA) is 51.6 Å². The van der Waals surface area contributed by atoms with E-state index in [1.165, 1.54) is 0 Å². The number of fused-ring (bicyclic) bond motifs is 4. The van der Waals surface area contributed by atoms with Crippen LogP contribution in [0.25, 0.3) is 55.4 Å². The molecule has 0 bridgehead atoms. The Labute approximate surface area is 172 Å². The first-order valence-electron chi connectivity index (χ1n) is 9.83. The van der Waals surface area contributed by atoms with Gasteiger partial charge >= 0.3 is 0 Å². The monoisotopic (exact) mass is 384 g/mol. The van der Waals surface area contributed by atoms with Crippen LogP contribution in [0.2, 0.25) is 0 Å². The molecule has 0 atom stereocenters. The Balaban J connectivity index is 1.60. The lowest BCUT2D eigenvalue weighted by atomic mass is 10.0. The van der Waals surface area contributed by atoms with Crippen molar-refractivity contribution in [1.82, 2.24) is 19.9 Å². The van der Waals surface area contributed by atoms with E-state index in [1.54, 1.807) is 6.20 Å². The summed E-state index contributed by atoms with van der Waals surface area (Å²) in [5, 5.41) is 3.24. The summed E-state index contributed by atoms with van der Waals surface area (Å²) in [6, 6.07) is 28.5. The number of hydrogen-bond donors (Lipinski definition) is 0. The summed E-state index contributed by atoms with van der Waals surface area (Å²) in [4.78, 5) is 19.0. The molecular formula is C26H16N4. The molecule has 0 spiro atoms. The van der Waals surface area contributed by atoms with Gasteiger partial charge in [-0.1, -0.05) is 54.6 Å². The van der Waals surface area contributed by atoms with Crippen molar-refractivity contribution in [2.45, 2.75) is 0 Å². The molecule has 0 unspecified atom stereocenters. The molecule has 0 saturated heterocycles. The number of para-hydroxylation sites is 1. The molecule has 0 aliphatic rings. The second kappa shape index (κ2) is 6.71.